The van der Waals surface area contributed by atoms with E-state index in [1.807, 2.05) is 4.90 Å². The van der Waals surface area contributed by atoms with Crippen molar-refractivity contribution < 1.29 is 19.9 Å². The Morgan fingerprint density at radius 3 is 2.90 bits per heavy atom. The molecule has 7 nitrogen and oxygen atoms in total. The van der Waals surface area contributed by atoms with Gasteiger partial charge in [-0.3, -0.25) is 15.0 Å². The Hall–Kier alpha value is -1.86. The highest BCUT2D eigenvalue weighted by Gasteiger charge is 2.22. The third kappa shape index (κ3) is 3.17. The quantitative estimate of drug-likeness (QED) is 0.637. The predicted octanol–water partition coefficient (Wildman–Crippen LogP) is 1.27. The molecule has 1 atom stereocenters. The Bertz CT molecular complexity index is 506. The maximum atomic E-state index is 10.9. The number of nitro benzene ring substituents is 1. The molecule has 20 heavy (non-hydrogen) atoms. The normalized spacial score (nSPS) is 19.8. The number of hydrogen-bond acceptors (Lipinski definition) is 6. The summed E-state index contributed by atoms with van der Waals surface area (Å²) in [6.45, 7) is 1.87. The minimum atomic E-state index is -0.633. The first-order valence-corrected chi connectivity index (χ1v) is 6.46. The molecule has 0 aromatic heterocycles. The molecule has 0 amide bonds. The van der Waals surface area contributed by atoms with Gasteiger partial charge in [0.2, 0.25) is 5.75 Å². The van der Waals surface area contributed by atoms with Crippen molar-refractivity contribution in [3.63, 3.8) is 0 Å². The second-order valence-electron chi connectivity index (χ2n) is 4.95. The van der Waals surface area contributed by atoms with Gasteiger partial charge in [-0.15, -0.1) is 0 Å². The molecule has 0 spiro atoms. The number of β-amino-alcohol motifs (C(OH)–C–C–N with tert-alkyl or cyclic N) is 1. The number of phenols is 1. The Balaban J connectivity index is 2.23. The fraction of sp³-hybridized carbons (Fsp3) is 0.538. The number of ether oxygens (including phenoxy) is 1. The molecule has 0 radical (unpaired) electrons. The topological polar surface area (TPSA) is 96.1 Å². The van der Waals surface area contributed by atoms with E-state index in [0.29, 0.717) is 18.7 Å². The van der Waals surface area contributed by atoms with Gasteiger partial charge in [0.1, 0.15) is 0 Å². The van der Waals surface area contributed by atoms with Crippen LogP contribution >= 0.6 is 0 Å². The van der Waals surface area contributed by atoms with Crippen LogP contribution in [0, 0.1) is 10.1 Å². The number of likely N-dealkylation sites (tertiary alicyclic amines) is 1. The second-order valence-corrected chi connectivity index (χ2v) is 4.95. The number of aromatic hydroxyl groups is 1. The molecule has 1 saturated heterocycles. The van der Waals surface area contributed by atoms with Crippen LogP contribution in [-0.2, 0) is 6.54 Å². The maximum absolute atomic E-state index is 10.9. The largest absolute Gasteiger partial charge is 0.500 e. The second kappa shape index (κ2) is 6.06. The van der Waals surface area contributed by atoms with Gasteiger partial charge in [0.05, 0.1) is 18.1 Å². The number of methoxy groups -OCH3 is 1. The number of nitrogens with zero attached hydrogens (tertiary/aromatic N) is 2. The highest BCUT2D eigenvalue weighted by molar-refractivity contribution is 5.57. The first kappa shape index (κ1) is 14.5. The van der Waals surface area contributed by atoms with E-state index < -0.39 is 10.7 Å². The number of nitro groups is 1. The third-order valence-electron chi connectivity index (χ3n) is 3.42. The minimum absolute atomic E-state index is 0.0896. The molecule has 110 valence electrons. The van der Waals surface area contributed by atoms with Crippen LogP contribution in [0.25, 0.3) is 0 Å². The molecule has 2 rings (SSSR count). The Morgan fingerprint density at radius 1 is 1.55 bits per heavy atom. The van der Waals surface area contributed by atoms with Crippen LogP contribution < -0.4 is 4.74 Å². The third-order valence-corrected chi connectivity index (χ3v) is 3.42. The molecule has 2 N–H and O–H groups in total. The van der Waals surface area contributed by atoms with Crippen LogP contribution in [0.5, 0.6) is 11.5 Å². The van der Waals surface area contributed by atoms with Gasteiger partial charge in [0, 0.05) is 19.2 Å². The molecule has 0 saturated carbocycles. The lowest BCUT2D eigenvalue weighted by atomic mass is 10.1. The van der Waals surface area contributed by atoms with Gasteiger partial charge >= 0.3 is 5.69 Å². The minimum Gasteiger partial charge on any atom is -0.500 e. The van der Waals surface area contributed by atoms with Crippen molar-refractivity contribution in [2.45, 2.75) is 25.5 Å². The summed E-state index contributed by atoms with van der Waals surface area (Å²) in [5.41, 5.74) is 0.317. The average molecular weight is 282 g/mol. The van der Waals surface area contributed by atoms with Crippen LogP contribution in [0.1, 0.15) is 18.4 Å². The van der Waals surface area contributed by atoms with Crippen molar-refractivity contribution in [2.75, 3.05) is 20.2 Å². The zero-order valence-electron chi connectivity index (χ0n) is 11.3. The van der Waals surface area contributed by atoms with Gasteiger partial charge in [-0.05, 0) is 31.0 Å². The van der Waals surface area contributed by atoms with Crippen LogP contribution in [-0.4, -0.2) is 46.3 Å². The number of benzene rings is 1. The van der Waals surface area contributed by atoms with Gasteiger partial charge in [-0.25, -0.2) is 0 Å². The number of piperidine rings is 1. The van der Waals surface area contributed by atoms with E-state index >= 15 is 0 Å². The molecule has 0 bridgehead atoms. The lowest BCUT2D eigenvalue weighted by molar-refractivity contribution is -0.386. The number of hydrogen-bond donors (Lipinski definition) is 2. The number of phenolic OH excluding ortho intramolecular Hbond substituents is 1. The lowest BCUT2D eigenvalue weighted by Gasteiger charge is -2.30. The molecule has 1 aliphatic heterocycles. The van der Waals surface area contributed by atoms with Crippen molar-refractivity contribution in [3.05, 3.63) is 27.8 Å². The Morgan fingerprint density at radius 2 is 2.30 bits per heavy atom. The Kier molecular flexibility index (Phi) is 4.41. The Labute approximate surface area is 116 Å². The fourth-order valence-electron chi connectivity index (χ4n) is 2.47. The standard InChI is InChI=1S/C13H18N2O5/c1-20-12-6-9(5-11(13(12)17)15(18)19)7-14-4-2-3-10(16)8-14/h5-6,10,16-17H,2-4,7-8H2,1H3/t10-/m1/s1. The predicted molar refractivity (Wildman–Crippen MR) is 71.8 cm³/mol. The number of rotatable bonds is 4. The summed E-state index contributed by atoms with van der Waals surface area (Å²) in [7, 11) is 1.35. The lowest BCUT2D eigenvalue weighted by Crippen LogP contribution is -2.37. The van der Waals surface area contributed by atoms with Crippen molar-refractivity contribution in [2.24, 2.45) is 0 Å². The molecule has 1 aromatic carbocycles. The van der Waals surface area contributed by atoms with Crippen LogP contribution in [0.3, 0.4) is 0 Å². The average Bonchev–Trinajstić information content (AvgIpc) is 2.40. The fourth-order valence-corrected chi connectivity index (χ4v) is 2.47. The van der Waals surface area contributed by atoms with Gasteiger partial charge in [0.15, 0.2) is 5.75 Å². The summed E-state index contributed by atoms with van der Waals surface area (Å²) in [5, 5.41) is 30.3. The van der Waals surface area contributed by atoms with Gasteiger partial charge in [0.25, 0.3) is 0 Å². The van der Waals surface area contributed by atoms with Crippen molar-refractivity contribution in [3.8, 4) is 11.5 Å². The highest BCUT2D eigenvalue weighted by atomic mass is 16.6. The molecule has 1 aliphatic rings. The summed E-state index contributed by atoms with van der Waals surface area (Å²) < 4.78 is 4.96. The molecule has 0 unspecified atom stereocenters. The van der Waals surface area contributed by atoms with Crippen LogP contribution in [0.15, 0.2) is 12.1 Å². The van der Waals surface area contributed by atoms with E-state index in [0.717, 1.165) is 19.4 Å². The van der Waals surface area contributed by atoms with Gasteiger partial charge in [-0.1, -0.05) is 0 Å². The molecule has 7 heteroatoms. The van der Waals surface area contributed by atoms with E-state index in [9.17, 15) is 20.3 Å². The maximum Gasteiger partial charge on any atom is 0.314 e. The molecule has 1 heterocycles. The summed E-state index contributed by atoms with van der Waals surface area (Å²) >= 11 is 0. The summed E-state index contributed by atoms with van der Waals surface area (Å²) in [6, 6.07) is 2.93. The first-order valence-electron chi connectivity index (χ1n) is 6.46. The molecule has 0 aliphatic carbocycles. The van der Waals surface area contributed by atoms with E-state index in [1.165, 1.54) is 13.2 Å². The summed E-state index contributed by atoms with van der Waals surface area (Å²) in [4.78, 5) is 12.3. The first-order chi connectivity index (χ1) is 9.51. The van der Waals surface area contributed by atoms with Crippen LogP contribution in [0.2, 0.25) is 0 Å². The monoisotopic (exact) mass is 282 g/mol. The smallest absolute Gasteiger partial charge is 0.314 e. The van der Waals surface area contributed by atoms with E-state index in [4.69, 9.17) is 4.74 Å². The zero-order chi connectivity index (χ0) is 14.7. The zero-order valence-corrected chi connectivity index (χ0v) is 11.3. The molecule has 1 aromatic rings. The van der Waals surface area contributed by atoms with Gasteiger partial charge < -0.3 is 14.9 Å². The highest BCUT2D eigenvalue weighted by Crippen LogP contribution is 2.37. The number of aliphatic hydroxyl groups excluding tert-OH is 1. The number of aliphatic hydroxyl groups is 1. The van der Waals surface area contributed by atoms with Crippen molar-refractivity contribution in [1.29, 1.82) is 0 Å². The molecular weight excluding hydrogens is 264 g/mol. The molecule has 1 fully saturated rings. The van der Waals surface area contributed by atoms with E-state index in [-0.39, 0.29) is 17.5 Å². The summed E-state index contributed by atoms with van der Waals surface area (Å²) in [5.74, 6) is -0.369. The SMILES string of the molecule is COc1cc(CN2CCC[C@@H](O)C2)cc([N+](=O)[O-])c1O. The van der Waals surface area contributed by atoms with Gasteiger partial charge in [-0.2, -0.15) is 0 Å². The summed E-state index contributed by atoms with van der Waals surface area (Å²) in [6.07, 6.45) is 1.34. The van der Waals surface area contributed by atoms with Crippen molar-refractivity contribution in [1.82, 2.24) is 4.90 Å². The molecular formula is C13H18N2O5. The van der Waals surface area contributed by atoms with E-state index in [1.54, 1.807) is 6.07 Å². The van der Waals surface area contributed by atoms with E-state index in [2.05, 4.69) is 0 Å². The van der Waals surface area contributed by atoms with Crippen LogP contribution in [0.4, 0.5) is 5.69 Å². The van der Waals surface area contributed by atoms with Crippen molar-refractivity contribution >= 4 is 5.69 Å².